The molecule has 1 heterocycles. The van der Waals surface area contributed by atoms with Crippen LogP contribution in [0.15, 0.2) is 0 Å². The number of likely N-dealkylation sites (N-methyl/N-ethyl adjacent to an activating group) is 1. The van der Waals surface area contributed by atoms with Crippen molar-refractivity contribution in [3.63, 3.8) is 0 Å². The quantitative estimate of drug-likeness (QED) is 0.723. The average Bonchev–Trinajstić information content (AvgIpc) is 2.36. The summed E-state index contributed by atoms with van der Waals surface area (Å²) >= 11 is 0. The molecular formula is C13H28N2O2. The third-order valence-corrected chi connectivity index (χ3v) is 3.75. The van der Waals surface area contributed by atoms with Gasteiger partial charge in [0.05, 0.1) is 13.2 Å². The minimum absolute atomic E-state index is 0.476. The summed E-state index contributed by atoms with van der Waals surface area (Å²) in [6.07, 6.45) is 1.12. The molecule has 3 unspecified atom stereocenters. The van der Waals surface area contributed by atoms with Gasteiger partial charge in [-0.05, 0) is 26.9 Å². The maximum Gasteiger partial charge on any atom is 0.0615 e. The molecule has 1 aliphatic rings. The van der Waals surface area contributed by atoms with E-state index in [0.717, 1.165) is 39.3 Å². The van der Waals surface area contributed by atoms with Crippen LogP contribution in [0.25, 0.3) is 0 Å². The second-order valence-electron chi connectivity index (χ2n) is 4.91. The van der Waals surface area contributed by atoms with Gasteiger partial charge < -0.3 is 14.8 Å². The standard InChI is InChI=1S/C13H28N2O2/c1-5-15(11(2)9-16-4)8-12-10-17-7-6-13(12)14-3/h11-14H,5-10H2,1-4H3. The highest BCUT2D eigenvalue weighted by Gasteiger charge is 2.27. The Labute approximate surface area is 106 Å². The highest BCUT2D eigenvalue weighted by Crippen LogP contribution is 2.17. The Morgan fingerprint density at radius 2 is 2.29 bits per heavy atom. The lowest BCUT2D eigenvalue weighted by Gasteiger charge is -2.37. The van der Waals surface area contributed by atoms with Crippen molar-refractivity contribution in [1.29, 1.82) is 0 Å². The number of ether oxygens (including phenoxy) is 2. The van der Waals surface area contributed by atoms with E-state index in [-0.39, 0.29) is 0 Å². The third kappa shape index (κ3) is 4.54. The zero-order valence-electron chi connectivity index (χ0n) is 11.7. The van der Waals surface area contributed by atoms with Gasteiger partial charge in [-0.1, -0.05) is 6.92 Å². The summed E-state index contributed by atoms with van der Waals surface area (Å²) in [4.78, 5) is 2.48. The molecule has 0 radical (unpaired) electrons. The van der Waals surface area contributed by atoms with Gasteiger partial charge in [-0.2, -0.15) is 0 Å². The molecule has 102 valence electrons. The van der Waals surface area contributed by atoms with Gasteiger partial charge in [-0.3, -0.25) is 4.90 Å². The molecule has 1 saturated heterocycles. The van der Waals surface area contributed by atoms with E-state index in [1.807, 2.05) is 0 Å². The van der Waals surface area contributed by atoms with Crippen molar-refractivity contribution in [1.82, 2.24) is 10.2 Å². The number of hydrogen-bond acceptors (Lipinski definition) is 4. The summed E-state index contributed by atoms with van der Waals surface area (Å²) in [6.45, 7) is 9.16. The molecule has 0 aromatic heterocycles. The van der Waals surface area contributed by atoms with E-state index in [2.05, 4.69) is 31.1 Å². The summed E-state index contributed by atoms with van der Waals surface area (Å²) in [7, 11) is 3.82. The maximum atomic E-state index is 5.60. The van der Waals surface area contributed by atoms with Gasteiger partial charge in [0.15, 0.2) is 0 Å². The first-order valence-electron chi connectivity index (χ1n) is 6.70. The van der Waals surface area contributed by atoms with Crippen molar-refractivity contribution < 1.29 is 9.47 Å². The number of hydrogen-bond donors (Lipinski definition) is 1. The summed E-state index contributed by atoms with van der Waals surface area (Å²) in [5, 5.41) is 3.42. The highest BCUT2D eigenvalue weighted by molar-refractivity contribution is 4.82. The van der Waals surface area contributed by atoms with E-state index >= 15 is 0 Å². The largest absolute Gasteiger partial charge is 0.383 e. The fourth-order valence-corrected chi connectivity index (χ4v) is 2.63. The lowest BCUT2D eigenvalue weighted by molar-refractivity contribution is 0.00655. The fourth-order valence-electron chi connectivity index (χ4n) is 2.63. The first-order chi connectivity index (χ1) is 8.22. The molecule has 17 heavy (non-hydrogen) atoms. The van der Waals surface area contributed by atoms with Crippen molar-refractivity contribution in [2.24, 2.45) is 5.92 Å². The van der Waals surface area contributed by atoms with E-state index in [1.165, 1.54) is 0 Å². The molecule has 0 aromatic carbocycles. The number of rotatable bonds is 7. The molecule has 0 aliphatic carbocycles. The normalized spacial score (nSPS) is 27.4. The Morgan fingerprint density at radius 3 is 2.88 bits per heavy atom. The molecule has 0 aromatic rings. The van der Waals surface area contributed by atoms with Crippen LogP contribution in [0.1, 0.15) is 20.3 Å². The summed E-state index contributed by atoms with van der Waals surface area (Å²) < 4.78 is 10.8. The molecule has 4 heteroatoms. The van der Waals surface area contributed by atoms with Gasteiger partial charge in [0.2, 0.25) is 0 Å². The summed E-state index contributed by atoms with van der Waals surface area (Å²) in [5.41, 5.74) is 0. The third-order valence-electron chi connectivity index (χ3n) is 3.75. The smallest absolute Gasteiger partial charge is 0.0615 e. The van der Waals surface area contributed by atoms with Crippen LogP contribution in [0.5, 0.6) is 0 Å². The SMILES string of the molecule is CCN(CC1COCCC1NC)C(C)COC. The lowest BCUT2D eigenvalue weighted by Crippen LogP contribution is -2.49. The van der Waals surface area contributed by atoms with Crippen LogP contribution >= 0.6 is 0 Å². The number of nitrogens with one attached hydrogen (secondary N) is 1. The predicted octanol–water partition coefficient (Wildman–Crippen LogP) is 0.968. The average molecular weight is 244 g/mol. The molecule has 1 rings (SSSR count). The molecular weight excluding hydrogens is 216 g/mol. The van der Waals surface area contributed by atoms with Crippen LogP contribution in [0, 0.1) is 5.92 Å². The van der Waals surface area contributed by atoms with Crippen LogP contribution in [0.4, 0.5) is 0 Å². The summed E-state index contributed by atoms with van der Waals surface area (Å²) in [5.74, 6) is 0.591. The van der Waals surface area contributed by atoms with Crippen LogP contribution in [0.2, 0.25) is 0 Å². The zero-order valence-corrected chi connectivity index (χ0v) is 11.7. The Bertz CT molecular complexity index is 202. The zero-order chi connectivity index (χ0) is 12.7. The van der Waals surface area contributed by atoms with E-state index in [1.54, 1.807) is 7.11 Å². The molecule has 1 fully saturated rings. The number of nitrogens with zero attached hydrogens (tertiary/aromatic N) is 1. The van der Waals surface area contributed by atoms with Gasteiger partial charge in [0.25, 0.3) is 0 Å². The molecule has 0 spiro atoms. The van der Waals surface area contributed by atoms with E-state index < -0.39 is 0 Å². The van der Waals surface area contributed by atoms with Crippen molar-refractivity contribution >= 4 is 0 Å². The minimum atomic E-state index is 0.476. The van der Waals surface area contributed by atoms with E-state index in [9.17, 15) is 0 Å². The van der Waals surface area contributed by atoms with Gasteiger partial charge in [-0.15, -0.1) is 0 Å². The maximum absolute atomic E-state index is 5.60. The van der Waals surface area contributed by atoms with Crippen molar-refractivity contribution in [2.45, 2.75) is 32.4 Å². The Kier molecular flexibility index (Phi) is 7.04. The molecule has 4 nitrogen and oxygen atoms in total. The molecule has 0 saturated carbocycles. The van der Waals surface area contributed by atoms with Gasteiger partial charge in [0.1, 0.15) is 0 Å². The molecule has 0 bridgehead atoms. The lowest BCUT2D eigenvalue weighted by atomic mass is 9.95. The van der Waals surface area contributed by atoms with Crippen LogP contribution in [-0.2, 0) is 9.47 Å². The molecule has 1 N–H and O–H groups in total. The highest BCUT2D eigenvalue weighted by atomic mass is 16.5. The van der Waals surface area contributed by atoms with Crippen molar-refractivity contribution in [3.05, 3.63) is 0 Å². The summed E-state index contributed by atoms with van der Waals surface area (Å²) in [6, 6.07) is 1.07. The van der Waals surface area contributed by atoms with Crippen LogP contribution in [-0.4, -0.2) is 64.1 Å². The second kappa shape index (κ2) is 8.03. The first kappa shape index (κ1) is 14.9. The molecule has 3 atom stereocenters. The molecule has 0 amide bonds. The van der Waals surface area contributed by atoms with Gasteiger partial charge in [-0.25, -0.2) is 0 Å². The first-order valence-corrected chi connectivity index (χ1v) is 6.70. The van der Waals surface area contributed by atoms with Crippen LogP contribution < -0.4 is 5.32 Å². The van der Waals surface area contributed by atoms with E-state index in [4.69, 9.17) is 9.47 Å². The Hall–Kier alpha value is -0.160. The van der Waals surface area contributed by atoms with Crippen molar-refractivity contribution in [2.75, 3.05) is 47.1 Å². The topological polar surface area (TPSA) is 33.7 Å². The molecule has 1 aliphatic heterocycles. The van der Waals surface area contributed by atoms with Crippen LogP contribution in [0.3, 0.4) is 0 Å². The minimum Gasteiger partial charge on any atom is -0.383 e. The number of methoxy groups -OCH3 is 1. The Balaban J connectivity index is 2.47. The fraction of sp³-hybridized carbons (Fsp3) is 1.00. The Morgan fingerprint density at radius 1 is 1.53 bits per heavy atom. The predicted molar refractivity (Wildman–Crippen MR) is 70.4 cm³/mol. The van der Waals surface area contributed by atoms with Gasteiger partial charge >= 0.3 is 0 Å². The second-order valence-corrected chi connectivity index (χ2v) is 4.91. The van der Waals surface area contributed by atoms with E-state index in [0.29, 0.717) is 18.0 Å². The van der Waals surface area contributed by atoms with Crippen molar-refractivity contribution in [3.8, 4) is 0 Å². The monoisotopic (exact) mass is 244 g/mol. The van der Waals surface area contributed by atoms with Gasteiger partial charge in [0, 0.05) is 38.3 Å².